The van der Waals surface area contributed by atoms with Gasteiger partial charge in [0.25, 0.3) is 5.91 Å². The van der Waals surface area contributed by atoms with Gasteiger partial charge < -0.3 is 10.1 Å². The molecule has 0 radical (unpaired) electrons. The van der Waals surface area contributed by atoms with Crippen LogP contribution in [0.1, 0.15) is 51.5 Å². The van der Waals surface area contributed by atoms with Crippen molar-refractivity contribution in [1.29, 1.82) is 0 Å². The maximum atomic E-state index is 11.9. The van der Waals surface area contributed by atoms with Crippen LogP contribution in [0.5, 0.6) is 5.75 Å². The SMILES string of the molecule is CC(C)C(=O)N/N=C/c1ccc(OCC(=O)NC2CCCCC2)cc1. The first-order chi connectivity index (χ1) is 12.0. The molecule has 0 spiro atoms. The van der Waals surface area contributed by atoms with Gasteiger partial charge in [0.05, 0.1) is 6.21 Å². The molecule has 0 atom stereocenters. The van der Waals surface area contributed by atoms with Crippen LogP contribution in [0.2, 0.25) is 0 Å². The lowest BCUT2D eigenvalue weighted by Crippen LogP contribution is -2.38. The molecule has 2 N–H and O–H groups in total. The predicted molar refractivity (Wildman–Crippen MR) is 97.5 cm³/mol. The molecule has 1 fully saturated rings. The summed E-state index contributed by atoms with van der Waals surface area (Å²) in [6, 6.07) is 7.49. The van der Waals surface area contributed by atoms with Gasteiger partial charge in [0.1, 0.15) is 5.75 Å². The van der Waals surface area contributed by atoms with Gasteiger partial charge in [0.15, 0.2) is 6.61 Å². The molecule has 1 aromatic carbocycles. The van der Waals surface area contributed by atoms with Gasteiger partial charge in [0.2, 0.25) is 5.91 Å². The lowest BCUT2D eigenvalue weighted by Gasteiger charge is -2.22. The number of hydrogen-bond acceptors (Lipinski definition) is 4. The molecule has 6 nitrogen and oxygen atoms in total. The summed E-state index contributed by atoms with van der Waals surface area (Å²) in [5.74, 6) is 0.323. The standard InChI is InChI=1S/C19H27N3O3/c1-14(2)19(24)22-20-12-15-8-10-17(11-9-15)25-13-18(23)21-16-6-4-3-5-7-16/h8-12,14,16H,3-7,13H2,1-2H3,(H,21,23)(H,22,24)/b20-12+. The number of rotatable bonds is 7. The number of nitrogens with zero attached hydrogens (tertiary/aromatic N) is 1. The number of hydrazone groups is 1. The van der Waals surface area contributed by atoms with Gasteiger partial charge in [-0.25, -0.2) is 5.43 Å². The van der Waals surface area contributed by atoms with Gasteiger partial charge in [-0.3, -0.25) is 9.59 Å². The third-order valence-corrected chi connectivity index (χ3v) is 4.13. The lowest BCUT2D eigenvalue weighted by atomic mass is 9.95. The second-order valence-corrected chi connectivity index (χ2v) is 6.65. The number of benzene rings is 1. The van der Waals surface area contributed by atoms with Crippen molar-refractivity contribution in [2.75, 3.05) is 6.61 Å². The Morgan fingerprint density at radius 1 is 1.20 bits per heavy atom. The van der Waals surface area contributed by atoms with Gasteiger partial charge in [-0.2, -0.15) is 5.10 Å². The lowest BCUT2D eigenvalue weighted by molar-refractivity contribution is -0.124. The molecule has 0 bridgehead atoms. The molecule has 0 saturated heterocycles. The van der Waals surface area contributed by atoms with Gasteiger partial charge in [-0.05, 0) is 42.7 Å². The molecular formula is C19H27N3O3. The van der Waals surface area contributed by atoms with Crippen molar-refractivity contribution in [1.82, 2.24) is 10.7 Å². The highest BCUT2D eigenvalue weighted by Crippen LogP contribution is 2.17. The number of carbonyl (C=O) groups excluding carboxylic acids is 2. The van der Waals surface area contributed by atoms with Crippen molar-refractivity contribution in [3.05, 3.63) is 29.8 Å². The molecular weight excluding hydrogens is 318 g/mol. The Bertz CT molecular complexity index is 590. The fourth-order valence-corrected chi connectivity index (χ4v) is 2.61. The Morgan fingerprint density at radius 3 is 2.52 bits per heavy atom. The second kappa shape index (κ2) is 9.81. The Hall–Kier alpha value is -2.37. The fraction of sp³-hybridized carbons (Fsp3) is 0.526. The smallest absolute Gasteiger partial charge is 0.258 e. The van der Waals surface area contributed by atoms with E-state index in [2.05, 4.69) is 15.8 Å². The van der Waals surface area contributed by atoms with E-state index in [1.54, 1.807) is 32.2 Å². The third kappa shape index (κ3) is 6.95. The summed E-state index contributed by atoms with van der Waals surface area (Å²) in [4.78, 5) is 23.3. The average molecular weight is 345 g/mol. The predicted octanol–water partition coefficient (Wildman–Crippen LogP) is 2.62. The summed E-state index contributed by atoms with van der Waals surface area (Å²) in [5.41, 5.74) is 3.31. The van der Waals surface area contributed by atoms with E-state index < -0.39 is 0 Å². The molecule has 0 aromatic heterocycles. The number of amides is 2. The average Bonchev–Trinajstić information content (AvgIpc) is 2.61. The summed E-state index contributed by atoms with van der Waals surface area (Å²) < 4.78 is 5.51. The molecule has 0 unspecified atom stereocenters. The van der Waals surface area contributed by atoms with Gasteiger partial charge in [0, 0.05) is 12.0 Å². The molecule has 6 heteroatoms. The maximum absolute atomic E-state index is 11.9. The first kappa shape index (κ1) is 19.0. The minimum Gasteiger partial charge on any atom is -0.484 e. The van der Waals surface area contributed by atoms with Crippen molar-refractivity contribution in [3.63, 3.8) is 0 Å². The van der Waals surface area contributed by atoms with E-state index in [-0.39, 0.29) is 24.3 Å². The van der Waals surface area contributed by atoms with Crippen LogP contribution in [0, 0.1) is 5.92 Å². The highest BCUT2D eigenvalue weighted by Gasteiger charge is 2.15. The summed E-state index contributed by atoms with van der Waals surface area (Å²) in [5, 5.41) is 6.92. The zero-order valence-corrected chi connectivity index (χ0v) is 15.0. The van der Waals surface area contributed by atoms with E-state index in [1.165, 1.54) is 19.3 Å². The van der Waals surface area contributed by atoms with Crippen LogP contribution in [-0.4, -0.2) is 30.7 Å². The van der Waals surface area contributed by atoms with Crippen LogP contribution in [-0.2, 0) is 9.59 Å². The Balaban J connectivity index is 1.73. The highest BCUT2D eigenvalue weighted by molar-refractivity contribution is 5.83. The molecule has 1 saturated carbocycles. The molecule has 136 valence electrons. The number of nitrogens with one attached hydrogen (secondary N) is 2. The van der Waals surface area contributed by atoms with E-state index >= 15 is 0 Å². The summed E-state index contributed by atoms with van der Waals surface area (Å²) in [7, 11) is 0. The van der Waals surface area contributed by atoms with E-state index in [0.29, 0.717) is 11.8 Å². The van der Waals surface area contributed by atoms with Crippen LogP contribution < -0.4 is 15.5 Å². The normalized spacial score (nSPS) is 15.3. The quantitative estimate of drug-likeness (QED) is 0.589. The Kier molecular flexibility index (Phi) is 7.44. The van der Waals surface area contributed by atoms with Gasteiger partial charge >= 0.3 is 0 Å². The highest BCUT2D eigenvalue weighted by atomic mass is 16.5. The molecule has 2 rings (SSSR count). The topological polar surface area (TPSA) is 79.8 Å². The van der Waals surface area contributed by atoms with Crippen LogP contribution in [0.25, 0.3) is 0 Å². The molecule has 25 heavy (non-hydrogen) atoms. The molecule has 0 heterocycles. The summed E-state index contributed by atoms with van der Waals surface area (Å²) in [6.45, 7) is 3.64. The zero-order valence-electron chi connectivity index (χ0n) is 15.0. The number of hydrogen-bond donors (Lipinski definition) is 2. The van der Waals surface area contributed by atoms with Crippen molar-refractivity contribution < 1.29 is 14.3 Å². The third-order valence-electron chi connectivity index (χ3n) is 4.13. The zero-order chi connectivity index (χ0) is 18.1. The van der Waals surface area contributed by atoms with Crippen molar-refractivity contribution in [3.8, 4) is 5.75 Å². The van der Waals surface area contributed by atoms with Crippen LogP contribution in [0.3, 0.4) is 0 Å². The Morgan fingerprint density at radius 2 is 1.88 bits per heavy atom. The molecule has 1 aliphatic carbocycles. The van der Waals surface area contributed by atoms with E-state index in [9.17, 15) is 9.59 Å². The first-order valence-corrected chi connectivity index (χ1v) is 8.89. The van der Waals surface area contributed by atoms with E-state index in [0.717, 1.165) is 18.4 Å². The van der Waals surface area contributed by atoms with Crippen LogP contribution in [0.4, 0.5) is 0 Å². The Labute approximate surface area is 149 Å². The van der Waals surface area contributed by atoms with Crippen LogP contribution >= 0.6 is 0 Å². The van der Waals surface area contributed by atoms with Crippen molar-refractivity contribution in [2.45, 2.75) is 52.0 Å². The largest absolute Gasteiger partial charge is 0.484 e. The molecule has 1 aliphatic rings. The molecule has 0 aliphatic heterocycles. The second-order valence-electron chi connectivity index (χ2n) is 6.65. The summed E-state index contributed by atoms with van der Waals surface area (Å²) >= 11 is 0. The van der Waals surface area contributed by atoms with Crippen molar-refractivity contribution in [2.24, 2.45) is 11.0 Å². The maximum Gasteiger partial charge on any atom is 0.258 e. The summed E-state index contributed by atoms with van der Waals surface area (Å²) in [6.07, 6.45) is 7.33. The monoisotopic (exact) mass is 345 g/mol. The minimum atomic E-state index is -0.125. The van der Waals surface area contributed by atoms with E-state index in [4.69, 9.17) is 4.74 Å². The van der Waals surface area contributed by atoms with E-state index in [1.807, 2.05) is 12.1 Å². The molecule has 2 amide bonds. The van der Waals surface area contributed by atoms with Gasteiger partial charge in [-0.1, -0.05) is 33.1 Å². The fourth-order valence-electron chi connectivity index (χ4n) is 2.61. The molecule has 1 aromatic rings. The van der Waals surface area contributed by atoms with Gasteiger partial charge in [-0.15, -0.1) is 0 Å². The van der Waals surface area contributed by atoms with Crippen molar-refractivity contribution >= 4 is 18.0 Å². The first-order valence-electron chi connectivity index (χ1n) is 8.89. The minimum absolute atomic E-state index is 0.0222. The van der Waals surface area contributed by atoms with Crippen LogP contribution in [0.15, 0.2) is 29.4 Å². The number of ether oxygens (including phenoxy) is 1. The number of carbonyl (C=O) groups is 2.